The maximum Gasteiger partial charge on any atom is 0.0466 e. The Bertz CT molecular complexity index is 613. The lowest BCUT2D eigenvalue weighted by Gasteiger charge is -1.92. The fourth-order valence-electron chi connectivity index (χ4n) is 1.87. The summed E-state index contributed by atoms with van der Waals surface area (Å²) in [6.45, 7) is 0. The minimum absolute atomic E-state index is 0. The lowest BCUT2D eigenvalue weighted by Crippen LogP contribution is -1.81. The Kier molecular flexibility index (Phi) is 2.29. The van der Waals surface area contributed by atoms with Crippen molar-refractivity contribution in [2.45, 2.75) is 0 Å². The van der Waals surface area contributed by atoms with Gasteiger partial charge in [0.25, 0.3) is 0 Å². The largest absolute Gasteiger partial charge is 0.399 e. The number of nitrogens with one attached hydrogen (secondary N) is 1. The summed E-state index contributed by atoms with van der Waals surface area (Å²) in [7, 11) is 0. The Morgan fingerprint density at radius 2 is 1.60 bits per heavy atom. The molecule has 0 bridgehead atoms. The maximum atomic E-state index is 5.76. The number of nitrogen functional groups attached to an aromatic ring is 1. The van der Waals surface area contributed by atoms with Crippen LogP contribution in [0.3, 0.4) is 0 Å². The number of hydrogen-bond acceptors (Lipinski definition) is 1. The monoisotopic (exact) mass is 218 g/mol. The summed E-state index contributed by atoms with van der Waals surface area (Å²) < 4.78 is 0. The molecule has 1 heterocycles. The van der Waals surface area contributed by atoms with Crippen LogP contribution in [0.5, 0.6) is 0 Å². The number of aromatic amines is 1. The molecular formula is C12H11ClN2. The third-order valence-corrected chi connectivity index (χ3v) is 2.53. The molecule has 3 aromatic rings. The van der Waals surface area contributed by atoms with Crippen LogP contribution < -0.4 is 5.73 Å². The van der Waals surface area contributed by atoms with E-state index in [1.54, 1.807) is 0 Å². The molecule has 0 saturated heterocycles. The molecule has 3 N–H and O–H groups in total. The van der Waals surface area contributed by atoms with Crippen molar-refractivity contribution in [2.24, 2.45) is 0 Å². The number of para-hydroxylation sites is 1. The highest BCUT2D eigenvalue weighted by Crippen LogP contribution is 2.26. The van der Waals surface area contributed by atoms with Gasteiger partial charge in [0.15, 0.2) is 0 Å². The molecule has 0 aliphatic rings. The van der Waals surface area contributed by atoms with E-state index in [4.69, 9.17) is 5.73 Å². The third-order valence-electron chi connectivity index (χ3n) is 2.53. The average molecular weight is 219 g/mol. The highest BCUT2D eigenvalue weighted by Gasteiger charge is 2.02. The highest BCUT2D eigenvalue weighted by atomic mass is 35.5. The van der Waals surface area contributed by atoms with Gasteiger partial charge in [0.2, 0.25) is 0 Å². The molecule has 1 aromatic heterocycles. The normalized spacial score (nSPS) is 10.4. The van der Waals surface area contributed by atoms with E-state index in [-0.39, 0.29) is 12.4 Å². The van der Waals surface area contributed by atoms with E-state index in [0.29, 0.717) is 0 Å². The summed E-state index contributed by atoms with van der Waals surface area (Å²) in [5, 5.41) is 2.43. The minimum Gasteiger partial charge on any atom is -0.399 e. The van der Waals surface area contributed by atoms with E-state index in [2.05, 4.69) is 17.1 Å². The molecule has 2 nitrogen and oxygen atoms in total. The van der Waals surface area contributed by atoms with Crippen LogP contribution in [0.4, 0.5) is 5.69 Å². The van der Waals surface area contributed by atoms with Crippen LogP contribution in [0.25, 0.3) is 21.8 Å². The van der Waals surface area contributed by atoms with Crippen molar-refractivity contribution in [2.75, 3.05) is 5.73 Å². The zero-order valence-electron chi connectivity index (χ0n) is 8.03. The predicted octanol–water partition coefficient (Wildman–Crippen LogP) is 3.33. The van der Waals surface area contributed by atoms with Crippen LogP contribution in [0.2, 0.25) is 0 Å². The summed E-state index contributed by atoms with van der Waals surface area (Å²) >= 11 is 0. The van der Waals surface area contributed by atoms with Crippen LogP contribution in [-0.2, 0) is 0 Å². The van der Waals surface area contributed by atoms with E-state index in [1.807, 2.05) is 30.3 Å². The summed E-state index contributed by atoms with van der Waals surface area (Å²) in [6, 6.07) is 14.2. The molecule has 0 aliphatic carbocycles. The SMILES string of the molecule is Cl.Nc1ccc2[nH]c3ccccc3c2c1. The quantitative estimate of drug-likeness (QED) is 0.559. The minimum atomic E-state index is 0. The number of rotatable bonds is 0. The molecule has 0 spiro atoms. The first-order valence-corrected chi connectivity index (χ1v) is 4.60. The summed E-state index contributed by atoms with van der Waals surface area (Å²) in [6.07, 6.45) is 0. The van der Waals surface area contributed by atoms with E-state index >= 15 is 0 Å². The second kappa shape index (κ2) is 3.48. The summed E-state index contributed by atoms with van der Waals surface area (Å²) in [5.74, 6) is 0. The Morgan fingerprint density at radius 3 is 2.47 bits per heavy atom. The van der Waals surface area contributed by atoms with Gasteiger partial charge in [-0.05, 0) is 24.3 Å². The summed E-state index contributed by atoms with van der Waals surface area (Å²) in [4.78, 5) is 3.35. The molecule has 0 aliphatic heterocycles. The first kappa shape index (κ1) is 9.87. The molecule has 15 heavy (non-hydrogen) atoms. The van der Waals surface area contributed by atoms with Crippen molar-refractivity contribution in [1.29, 1.82) is 0 Å². The molecule has 0 atom stereocenters. The maximum absolute atomic E-state index is 5.76. The van der Waals surface area contributed by atoms with Crippen molar-refractivity contribution >= 4 is 39.9 Å². The van der Waals surface area contributed by atoms with Crippen LogP contribution >= 0.6 is 12.4 Å². The number of H-pyrrole nitrogens is 1. The van der Waals surface area contributed by atoms with Gasteiger partial charge in [-0.2, -0.15) is 0 Å². The zero-order valence-corrected chi connectivity index (χ0v) is 8.84. The van der Waals surface area contributed by atoms with Crippen molar-refractivity contribution in [3.8, 4) is 0 Å². The van der Waals surface area contributed by atoms with E-state index in [9.17, 15) is 0 Å². The Balaban J connectivity index is 0.000000853. The number of benzene rings is 2. The van der Waals surface area contributed by atoms with Gasteiger partial charge in [0.05, 0.1) is 0 Å². The van der Waals surface area contributed by atoms with E-state index < -0.39 is 0 Å². The topological polar surface area (TPSA) is 41.8 Å². The zero-order chi connectivity index (χ0) is 9.54. The first-order valence-electron chi connectivity index (χ1n) is 4.60. The Hall–Kier alpha value is -1.67. The number of aromatic nitrogens is 1. The van der Waals surface area contributed by atoms with Crippen LogP contribution in [0, 0.1) is 0 Å². The number of halogens is 1. The molecule has 3 rings (SSSR count). The smallest absolute Gasteiger partial charge is 0.0466 e. The number of fused-ring (bicyclic) bond motifs is 3. The van der Waals surface area contributed by atoms with Crippen LogP contribution in [0.1, 0.15) is 0 Å². The van der Waals surface area contributed by atoms with Gasteiger partial charge in [0.1, 0.15) is 0 Å². The fraction of sp³-hybridized carbons (Fsp3) is 0. The lowest BCUT2D eigenvalue weighted by atomic mass is 10.1. The summed E-state index contributed by atoms with van der Waals surface area (Å²) in [5.41, 5.74) is 8.87. The van der Waals surface area contributed by atoms with Crippen molar-refractivity contribution < 1.29 is 0 Å². The van der Waals surface area contributed by atoms with Gasteiger partial charge in [-0.15, -0.1) is 12.4 Å². The molecule has 0 saturated carbocycles. The van der Waals surface area contributed by atoms with Gasteiger partial charge >= 0.3 is 0 Å². The van der Waals surface area contributed by atoms with Gasteiger partial charge in [-0.3, -0.25) is 0 Å². The average Bonchev–Trinajstić information content (AvgIpc) is 2.56. The molecule has 0 unspecified atom stereocenters. The standard InChI is InChI=1S/C12H10N2.ClH/c13-8-5-6-12-10(7-8)9-3-1-2-4-11(9)14-12;/h1-7,14H,13H2;1H. The molecule has 2 aromatic carbocycles. The molecule has 76 valence electrons. The molecule has 0 fully saturated rings. The van der Waals surface area contributed by atoms with Gasteiger partial charge in [-0.1, -0.05) is 18.2 Å². The second-order valence-corrected chi connectivity index (χ2v) is 3.48. The van der Waals surface area contributed by atoms with E-state index in [0.717, 1.165) is 16.7 Å². The molecular weight excluding hydrogens is 208 g/mol. The second-order valence-electron chi connectivity index (χ2n) is 3.48. The Labute approximate surface area is 93.5 Å². The highest BCUT2D eigenvalue weighted by molar-refractivity contribution is 6.08. The van der Waals surface area contributed by atoms with Gasteiger partial charge in [0, 0.05) is 27.5 Å². The number of anilines is 1. The third kappa shape index (κ3) is 1.43. The fourth-order valence-corrected chi connectivity index (χ4v) is 1.87. The van der Waals surface area contributed by atoms with Gasteiger partial charge < -0.3 is 10.7 Å². The van der Waals surface area contributed by atoms with E-state index in [1.165, 1.54) is 10.8 Å². The van der Waals surface area contributed by atoms with Gasteiger partial charge in [-0.25, -0.2) is 0 Å². The molecule has 0 amide bonds. The van der Waals surface area contributed by atoms with Crippen molar-refractivity contribution in [1.82, 2.24) is 4.98 Å². The lowest BCUT2D eigenvalue weighted by molar-refractivity contribution is 1.55. The predicted molar refractivity (Wildman–Crippen MR) is 67.5 cm³/mol. The van der Waals surface area contributed by atoms with Crippen molar-refractivity contribution in [3.05, 3.63) is 42.5 Å². The first-order chi connectivity index (χ1) is 6.84. The van der Waals surface area contributed by atoms with Crippen molar-refractivity contribution in [3.63, 3.8) is 0 Å². The Morgan fingerprint density at radius 1 is 0.867 bits per heavy atom. The number of hydrogen-bond donors (Lipinski definition) is 2. The van der Waals surface area contributed by atoms with Crippen LogP contribution in [-0.4, -0.2) is 4.98 Å². The van der Waals surface area contributed by atoms with Crippen LogP contribution in [0.15, 0.2) is 42.5 Å². The molecule has 3 heteroatoms. The number of nitrogens with two attached hydrogens (primary N) is 1. The molecule has 0 radical (unpaired) electrons.